The van der Waals surface area contributed by atoms with Crippen molar-refractivity contribution in [2.45, 2.75) is 12.4 Å². The number of nitrogens with two attached hydrogens (primary N) is 1. The Morgan fingerprint density at radius 3 is 2.24 bits per heavy atom. The summed E-state index contributed by atoms with van der Waals surface area (Å²) in [5.41, 5.74) is 6.72. The Morgan fingerprint density at radius 1 is 1.24 bits per heavy atom. The molecule has 1 atom stereocenters. The second kappa shape index (κ2) is 4.54. The van der Waals surface area contributed by atoms with Gasteiger partial charge in [0, 0.05) is 12.0 Å². The average Bonchev–Trinajstić information content (AvgIpc) is 2.13. The normalized spacial score (nSPS) is 18.6. The summed E-state index contributed by atoms with van der Waals surface area (Å²) in [6.07, 6.45) is -4.66. The number of hydrogen-bond acceptors (Lipinski definition) is 3. The van der Waals surface area contributed by atoms with Gasteiger partial charge in [-0.15, -0.1) is 13.2 Å². The molecular weight excluding hydrogens is 235 g/mol. The highest BCUT2D eigenvalue weighted by molar-refractivity contribution is 5.29. The first-order valence-corrected chi connectivity index (χ1v) is 5.15. The summed E-state index contributed by atoms with van der Waals surface area (Å²) < 4.78 is 44.6. The minimum Gasteiger partial charge on any atom is -0.406 e. The van der Waals surface area contributed by atoms with Crippen LogP contribution >= 0.6 is 0 Å². The molecule has 0 aromatic heterocycles. The summed E-state index contributed by atoms with van der Waals surface area (Å²) in [7, 11) is 0. The van der Waals surface area contributed by atoms with Crippen molar-refractivity contribution >= 4 is 0 Å². The van der Waals surface area contributed by atoms with Crippen LogP contribution in [0.5, 0.6) is 5.75 Å². The number of halogens is 3. The van der Waals surface area contributed by atoms with Crippen LogP contribution in [0.25, 0.3) is 0 Å². The molecule has 6 heteroatoms. The van der Waals surface area contributed by atoms with Crippen molar-refractivity contribution in [1.29, 1.82) is 0 Å². The van der Waals surface area contributed by atoms with Gasteiger partial charge in [-0.3, -0.25) is 0 Å². The van der Waals surface area contributed by atoms with E-state index in [-0.39, 0.29) is 17.7 Å². The van der Waals surface area contributed by atoms with Gasteiger partial charge in [-0.25, -0.2) is 0 Å². The quantitative estimate of drug-likeness (QED) is 0.890. The molecule has 0 spiro atoms. The van der Waals surface area contributed by atoms with Gasteiger partial charge in [0.25, 0.3) is 0 Å². The molecule has 1 aliphatic rings. The summed E-state index contributed by atoms with van der Waals surface area (Å²) in [5, 5.41) is 0. The Bertz CT molecular complexity index is 373. The molecule has 0 amide bonds. The number of ether oxygens (including phenoxy) is 2. The van der Waals surface area contributed by atoms with Crippen molar-refractivity contribution in [3.63, 3.8) is 0 Å². The molecular formula is C11H12F3NO2. The fraction of sp³-hybridized carbons (Fsp3) is 0.455. The summed E-state index contributed by atoms with van der Waals surface area (Å²) in [6.45, 7) is 1.20. The van der Waals surface area contributed by atoms with E-state index < -0.39 is 6.36 Å². The van der Waals surface area contributed by atoms with Gasteiger partial charge in [0.15, 0.2) is 0 Å². The predicted molar refractivity (Wildman–Crippen MR) is 54.4 cm³/mol. The molecule has 3 nitrogen and oxygen atoms in total. The fourth-order valence-electron chi connectivity index (χ4n) is 1.63. The van der Waals surface area contributed by atoms with Crippen LogP contribution in [0, 0.1) is 5.92 Å². The van der Waals surface area contributed by atoms with Crippen molar-refractivity contribution < 1.29 is 22.6 Å². The zero-order valence-corrected chi connectivity index (χ0v) is 8.91. The van der Waals surface area contributed by atoms with E-state index in [1.807, 2.05) is 0 Å². The first kappa shape index (κ1) is 12.2. The molecule has 2 N–H and O–H groups in total. The monoisotopic (exact) mass is 247 g/mol. The molecule has 2 rings (SSSR count). The van der Waals surface area contributed by atoms with Gasteiger partial charge in [0.05, 0.1) is 13.2 Å². The Labute approximate surface area is 96.3 Å². The highest BCUT2D eigenvalue weighted by Crippen LogP contribution is 2.28. The van der Waals surface area contributed by atoms with Crippen molar-refractivity contribution in [1.82, 2.24) is 0 Å². The Hall–Kier alpha value is -1.27. The minimum atomic E-state index is -4.66. The summed E-state index contributed by atoms with van der Waals surface area (Å²) in [4.78, 5) is 0. The van der Waals surface area contributed by atoms with E-state index in [4.69, 9.17) is 10.5 Å². The first-order chi connectivity index (χ1) is 7.96. The minimum absolute atomic E-state index is 0.205. The lowest BCUT2D eigenvalue weighted by molar-refractivity contribution is -0.274. The number of hydrogen-bond donors (Lipinski definition) is 1. The fourth-order valence-corrected chi connectivity index (χ4v) is 1.63. The van der Waals surface area contributed by atoms with Crippen LogP contribution in [0.15, 0.2) is 24.3 Å². The number of alkyl halides is 3. The maximum absolute atomic E-state index is 11.9. The van der Waals surface area contributed by atoms with E-state index in [0.717, 1.165) is 5.56 Å². The lowest BCUT2D eigenvalue weighted by Crippen LogP contribution is -2.37. The molecule has 1 fully saturated rings. The van der Waals surface area contributed by atoms with Crippen LogP contribution in [0.3, 0.4) is 0 Å². The highest BCUT2D eigenvalue weighted by atomic mass is 19.4. The van der Waals surface area contributed by atoms with Crippen LogP contribution in [-0.4, -0.2) is 19.6 Å². The van der Waals surface area contributed by atoms with Crippen LogP contribution in [0.2, 0.25) is 0 Å². The Morgan fingerprint density at radius 2 is 1.82 bits per heavy atom. The molecule has 0 radical (unpaired) electrons. The van der Waals surface area contributed by atoms with Crippen molar-refractivity contribution in [2.75, 3.05) is 13.2 Å². The van der Waals surface area contributed by atoms with Gasteiger partial charge >= 0.3 is 6.36 Å². The molecule has 1 aromatic rings. The van der Waals surface area contributed by atoms with Crippen LogP contribution in [0.4, 0.5) is 13.2 Å². The van der Waals surface area contributed by atoms with Crippen LogP contribution in [-0.2, 0) is 4.74 Å². The standard InChI is InChI=1S/C11H12F3NO2/c12-11(13,14)17-9-3-1-7(2-4-9)10(15)8-5-16-6-8/h1-4,8,10H,5-6,15H2. The molecule has 1 unspecified atom stereocenters. The van der Waals surface area contributed by atoms with E-state index in [9.17, 15) is 13.2 Å². The SMILES string of the molecule is NC(c1ccc(OC(F)(F)F)cc1)C1COC1. The predicted octanol–water partition coefficient (Wildman–Crippen LogP) is 2.23. The molecule has 0 saturated carbocycles. The van der Waals surface area contributed by atoms with E-state index in [2.05, 4.69) is 4.74 Å². The zero-order valence-electron chi connectivity index (χ0n) is 8.91. The van der Waals surface area contributed by atoms with Crippen molar-refractivity contribution in [3.8, 4) is 5.75 Å². The van der Waals surface area contributed by atoms with Gasteiger partial charge in [-0.1, -0.05) is 12.1 Å². The smallest absolute Gasteiger partial charge is 0.406 e. The van der Waals surface area contributed by atoms with E-state index in [1.165, 1.54) is 12.1 Å². The largest absolute Gasteiger partial charge is 0.573 e. The summed E-state index contributed by atoms with van der Waals surface area (Å²) in [6, 6.07) is 5.42. The second-order valence-electron chi connectivity index (χ2n) is 3.94. The average molecular weight is 247 g/mol. The van der Waals surface area contributed by atoms with E-state index >= 15 is 0 Å². The molecule has 1 aliphatic heterocycles. The third-order valence-corrected chi connectivity index (χ3v) is 2.67. The summed E-state index contributed by atoms with van der Waals surface area (Å²) in [5.74, 6) is 0.00249. The lowest BCUT2D eigenvalue weighted by atomic mass is 9.92. The molecule has 1 heterocycles. The molecule has 1 aromatic carbocycles. The van der Waals surface area contributed by atoms with Crippen LogP contribution in [0.1, 0.15) is 11.6 Å². The highest BCUT2D eigenvalue weighted by Gasteiger charge is 2.31. The molecule has 17 heavy (non-hydrogen) atoms. The molecule has 0 bridgehead atoms. The lowest BCUT2D eigenvalue weighted by Gasteiger charge is -2.31. The zero-order chi connectivity index (χ0) is 12.5. The van der Waals surface area contributed by atoms with Crippen molar-refractivity contribution in [2.24, 2.45) is 11.7 Å². The van der Waals surface area contributed by atoms with Crippen molar-refractivity contribution in [3.05, 3.63) is 29.8 Å². The molecule has 0 aliphatic carbocycles. The topological polar surface area (TPSA) is 44.5 Å². The van der Waals surface area contributed by atoms with E-state index in [1.54, 1.807) is 12.1 Å². The maximum Gasteiger partial charge on any atom is 0.573 e. The van der Waals surface area contributed by atoms with Gasteiger partial charge in [0.1, 0.15) is 5.75 Å². The number of benzene rings is 1. The van der Waals surface area contributed by atoms with Crippen LogP contribution < -0.4 is 10.5 Å². The third-order valence-electron chi connectivity index (χ3n) is 2.67. The van der Waals surface area contributed by atoms with Gasteiger partial charge in [0.2, 0.25) is 0 Å². The first-order valence-electron chi connectivity index (χ1n) is 5.15. The number of rotatable bonds is 3. The molecule has 1 saturated heterocycles. The van der Waals surface area contributed by atoms with Gasteiger partial charge in [-0.2, -0.15) is 0 Å². The Balaban J connectivity index is 2.02. The van der Waals surface area contributed by atoms with Gasteiger partial charge in [-0.05, 0) is 17.7 Å². The summed E-state index contributed by atoms with van der Waals surface area (Å²) >= 11 is 0. The van der Waals surface area contributed by atoms with Gasteiger partial charge < -0.3 is 15.2 Å². The second-order valence-corrected chi connectivity index (χ2v) is 3.94. The Kier molecular flexibility index (Phi) is 3.26. The third kappa shape index (κ3) is 3.10. The van der Waals surface area contributed by atoms with E-state index in [0.29, 0.717) is 13.2 Å². The molecule has 94 valence electrons. The maximum atomic E-state index is 11.9.